The molecule has 0 unspecified atom stereocenters. The molecule has 0 spiro atoms. The molecule has 0 radical (unpaired) electrons. The van der Waals surface area contributed by atoms with Crippen molar-refractivity contribution in [3.63, 3.8) is 0 Å². The van der Waals surface area contributed by atoms with E-state index in [9.17, 15) is 4.79 Å². The molecule has 2 heterocycles. The number of ether oxygens (including phenoxy) is 1. The summed E-state index contributed by atoms with van der Waals surface area (Å²) < 4.78 is 11.4. The fraction of sp³-hybridized carbons (Fsp3) is 0.250. The van der Waals surface area contributed by atoms with Crippen LogP contribution in [0.2, 0.25) is 0 Å². The summed E-state index contributed by atoms with van der Waals surface area (Å²) in [6, 6.07) is 17.6. The van der Waals surface area contributed by atoms with Gasteiger partial charge in [0.15, 0.2) is 0 Å². The first-order chi connectivity index (χ1) is 12.8. The zero-order valence-corrected chi connectivity index (χ0v) is 14.2. The van der Waals surface area contributed by atoms with Crippen LogP contribution in [0, 0.1) is 0 Å². The lowest BCUT2D eigenvalue weighted by molar-refractivity contribution is -0.122. The molecule has 3 aromatic rings. The highest BCUT2D eigenvalue weighted by molar-refractivity contribution is 5.77. The average molecular weight is 349 g/mol. The number of para-hydroxylation sites is 1. The number of piperidine rings is 1. The van der Waals surface area contributed by atoms with Crippen molar-refractivity contribution >= 4 is 5.91 Å². The van der Waals surface area contributed by atoms with E-state index < -0.39 is 0 Å². The van der Waals surface area contributed by atoms with Gasteiger partial charge in [-0.05, 0) is 24.1 Å². The van der Waals surface area contributed by atoms with E-state index >= 15 is 0 Å². The number of aromatic nitrogens is 2. The summed E-state index contributed by atoms with van der Waals surface area (Å²) in [5, 5.41) is 6.92. The molecule has 0 saturated carbocycles. The van der Waals surface area contributed by atoms with Crippen LogP contribution in [-0.4, -0.2) is 22.6 Å². The standard InChI is InChI=1S/C20H19N3O3/c24-18-12-15(10-11-21-18)20-22-19(23-26-20)16-8-4-5-9-17(16)25-13-14-6-2-1-3-7-14/h1-9,15H,10-13H2,(H,21,24)/t15-/m0/s1. The minimum Gasteiger partial charge on any atom is -0.488 e. The maximum Gasteiger partial charge on any atom is 0.230 e. The molecule has 1 aromatic heterocycles. The number of carbonyl (C=O) groups is 1. The Morgan fingerprint density at radius 2 is 1.92 bits per heavy atom. The van der Waals surface area contributed by atoms with Gasteiger partial charge in [-0.3, -0.25) is 4.79 Å². The quantitative estimate of drug-likeness (QED) is 0.765. The molecule has 132 valence electrons. The molecule has 1 saturated heterocycles. The van der Waals surface area contributed by atoms with Crippen LogP contribution in [-0.2, 0) is 11.4 Å². The maximum absolute atomic E-state index is 11.6. The third kappa shape index (κ3) is 3.59. The molecule has 2 aromatic carbocycles. The number of nitrogens with zero attached hydrogens (tertiary/aromatic N) is 2. The minimum atomic E-state index is -0.0256. The Kier molecular flexibility index (Phi) is 4.64. The maximum atomic E-state index is 11.6. The number of rotatable bonds is 5. The van der Waals surface area contributed by atoms with E-state index in [1.165, 1.54) is 0 Å². The topological polar surface area (TPSA) is 77.2 Å². The molecule has 6 heteroatoms. The van der Waals surface area contributed by atoms with Gasteiger partial charge in [0, 0.05) is 18.9 Å². The van der Waals surface area contributed by atoms with Gasteiger partial charge in [0.1, 0.15) is 12.4 Å². The first-order valence-electron chi connectivity index (χ1n) is 8.66. The zero-order valence-electron chi connectivity index (χ0n) is 14.2. The Hall–Kier alpha value is -3.15. The van der Waals surface area contributed by atoms with Crippen molar-refractivity contribution in [2.45, 2.75) is 25.4 Å². The predicted molar refractivity (Wildman–Crippen MR) is 95.5 cm³/mol. The van der Waals surface area contributed by atoms with Crippen LogP contribution >= 0.6 is 0 Å². The minimum absolute atomic E-state index is 0.0209. The van der Waals surface area contributed by atoms with Gasteiger partial charge < -0.3 is 14.6 Å². The van der Waals surface area contributed by atoms with Crippen LogP contribution in [0.15, 0.2) is 59.1 Å². The van der Waals surface area contributed by atoms with Gasteiger partial charge in [-0.25, -0.2) is 0 Å². The van der Waals surface area contributed by atoms with Crippen molar-refractivity contribution in [2.24, 2.45) is 0 Å². The molecule has 0 bridgehead atoms. The molecule has 1 fully saturated rings. The largest absolute Gasteiger partial charge is 0.488 e. The van der Waals surface area contributed by atoms with Gasteiger partial charge in [0.2, 0.25) is 17.6 Å². The molecule has 1 N–H and O–H groups in total. The van der Waals surface area contributed by atoms with Gasteiger partial charge >= 0.3 is 0 Å². The van der Waals surface area contributed by atoms with Crippen LogP contribution in [0.1, 0.15) is 30.2 Å². The molecule has 1 aliphatic rings. The average Bonchev–Trinajstić information content (AvgIpc) is 3.17. The monoisotopic (exact) mass is 349 g/mol. The molecule has 0 aliphatic carbocycles. The van der Waals surface area contributed by atoms with Gasteiger partial charge in [-0.2, -0.15) is 4.98 Å². The van der Waals surface area contributed by atoms with E-state index in [4.69, 9.17) is 9.26 Å². The molecular weight excluding hydrogens is 330 g/mol. The molecular formula is C20H19N3O3. The van der Waals surface area contributed by atoms with Gasteiger partial charge in [0.05, 0.1) is 5.56 Å². The summed E-state index contributed by atoms with van der Waals surface area (Å²) >= 11 is 0. The summed E-state index contributed by atoms with van der Waals surface area (Å²) in [6.45, 7) is 1.10. The van der Waals surface area contributed by atoms with Gasteiger partial charge in [-0.15, -0.1) is 0 Å². The first kappa shape index (κ1) is 16.3. The van der Waals surface area contributed by atoms with E-state index in [2.05, 4.69) is 15.5 Å². The summed E-state index contributed by atoms with van der Waals surface area (Å²) in [7, 11) is 0. The highest BCUT2D eigenvalue weighted by atomic mass is 16.5. The van der Waals surface area contributed by atoms with Crippen LogP contribution in [0.4, 0.5) is 0 Å². The number of nitrogens with one attached hydrogen (secondary N) is 1. The van der Waals surface area contributed by atoms with Crippen molar-refractivity contribution in [1.29, 1.82) is 0 Å². The summed E-state index contributed by atoms with van der Waals surface area (Å²) in [5.41, 5.74) is 1.86. The number of carbonyl (C=O) groups excluding carboxylic acids is 1. The second-order valence-corrected chi connectivity index (χ2v) is 6.27. The van der Waals surface area contributed by atoms with Crippen molar-refractivity contribution in [2.75, 3.05) is 6.54 Å². The fourth-order valence-corrected chi connectivity index (χ4v) is 3.02. The van der Waals surface area contributed by atoms with Gasteiger partial charge in [-0.1, -0.05) is 47.6 Å². The Bertz CT molecular complexity index is 892. The molecule has 4 rings (SSSR count). The van der Waals surface area contributed by atoms with E-state index in [1.54, 1.807) is 0 Å². The third-order valence-corrected chi connectivity index (χ3v) is 4.40. The van der Waals surface area contributed by atoms with Crippen molar-refractivity contribution < 1.29 is 14.1 Å². The van der Waals surface area contributed by atoms with E-state index in [0.29, 0.717) is 37.0 Å². The fourth-order valence-electron chi connectivity index (χ4n) is 3.02. The summed E-state index contributed by atoms with van der Waals surface area (Å²) in [5.74, 6) is 1.68. The summed E-state index contributed by atoms with van der Waals surface area (Å²) in [4.78, 5) is 16.1. The predicted octanol–water partition coefficient (Wildman–Crippen LogP) is 3.31. The zero-order chi connectivity index (χ0) is 17.8. The highest BCUT2D eigenvalue weighted by Gasteiger charge is 2.26. The normalized spacial score (nSPS) is 16.9. The second-order valence-electron chi connectivity index (χ2n) is 6.27. The van der Waals surface area contributed by atoms with E-state index in [-0.39, 0.29) is 11.8 Å². The van der Waals surface area contributed by atoms with Crippen molar-refractivity contribution in [3.05, 3.63) is 66.1 Å². The SMILES string of the molecule is O=C1C[C@@H](c2nc(-c3ccccc3OCc3ccccc3)no2)CCN1. The van der Waals surface area contributed by atoms with Crippen LogP contribution in [0.5, 0.6) is 5.75 Å². The van der Waals surface area contributed by atoms with Crippen molar-refractivity contribution in [1.82, 2.24) is 15.5 Å². The lowest BCUT2D eigenvalue weighted by Crippen LogP contribution is -2.32. The first-order valence-corrected chi connectivity index (χ1v) is 8.66. The number of benzene rings is 2. The molecule has 26 heavy (non-hydrogen) atoms. The lowest BCUT2D eigenvalue weighted by atomic mass is 9.98. The Morgan fingerprint density at radius 1 is 1.12 bits per heavy atom. The lowest BCUT2D eigenvalue weighted by Gasteiger charge is -2.18. The highest BCUT2D eigenvalue weighted by Crippen LogP contribution is 2.31. The van der Waals surface area contributed by atoms with E-state index in [0.717, 1.165) is 17.5 Å². The third-order valence-electron chi connectivity index (χ3n) is 4.40. The van der Waals surface area contributed by atoms with Crippen LogP contribution in [0.25, 0.3) is 11.4 Å². The smallest absolute Gasteiger partial charge is 0.230 e. The Labute approximate surface area is 151 Å². The van der Waals surface area contributed by atoms with Crippen molar-refractivity contribution in [3.8, 4) is 17.1 Å². The Balaban J connectivity index is 1.54. The second kappa shape index (κ2) is 7.39. The number of hydrogen-bond donors (Lipinski definition) is 1. The molecule has 1 atom stereocenters. The van der Waals surface area contributed by atoms with Crippen LogP contribution < -0.4 is 10.1 Å². The molecule has 6 nitrogen and oxygen atoms in total. The van der Waals surface area contributed by atoms with Gasteiger partial charge in [0.25, 0.3) is 0 Å². The molecule has 1 amide bonds. The van der Waals surface area contributed by atoms with E-state index in [1.807, 2.05) is 54.6 Å². The van der Waals surface area contributed by atoms with Crippen LogP contribution in [0.3, 0.4) is 0 Å². The Morgan fingerprint density at radius 3 is 2.77 bits per heavy atom. The summed E-state index contributed by atoms with van der Waals surface area (Å²) in [6.07, 6.45) is 1.19. The number of amides is 1. The number of hydrogen-bond acceptors (Lipinski definition) is 5. The molecule has 1 aliphatic heterocycles.